The molecule has 0 aromatic heterocycles. The maximum atomic E-state index is 12.9. The number of benzene rings is 1. The molecular formula is C23H29NO5. The van der Waals surface area contributed by atoms with Crippen LogP contribution in [0.1, 0.15) is 37.8 Å². The Balaban J connectivity index is 1.95. The number of fused-ring (bicyclic) bond motifs is 1. The predicted octanol–water partition coefficient (Wildman–Crippen LogP) is 2.87. The van der Waals surface area contributed by atoms with Gasteiger partial charge in [-0.25, -0.2) is 0 Å². The van der Waals surface area contributed by atoms with E-state index in [4.69, 9.17) is 14.2 Å². The molecule has 2 bridgehead atoms. The molecule has 1 heterocycles. The molecule has 1 aromatic rings. The van der Waals surface area contributed by atoms with Gasteiger partial charge in [0.05, 0.1) is 20.1 Å². The lowest BCUT2D eigenvalue weighted by molar-refractivity contribution is -0.138. The Morgan fingerprint density at radius 2 is 2.00 bits per heavy atom. The number of likely N-dealkylation sites (N-methyl/N-ethyl adjacent to an activating group) is 1. The van der Waals surface area contributed by atoms with E-state index in [-0.39, 0.29) is 29.6 Å². The number of hydrogen-bond acceptors (Lipinski definition) is 6. The smallest absolute Gasteiger partial charge is 0.313 e. The predicted molar refractivity (Wildman–Crippen MR) is 108 cm³/mol. The number of ketones is 1. The average Bonchev–Trinajstić information content (AvgIpc) is 2.69. The lowest BCUT2D eigenvalue weighted by Crippen LogP contribution is -2.60. The molecule has 3 atom stereocenters. The van der Waals surface area contributed by atoms with Crippen molar-refractivity contribution in [1.29, 1.82) is 0 Å². The number of ether oxygens (including phenoxy) is 3. The van der Waals surface area contributed by atoms with Crippen molar-refractivity contribution in [3.05, 3.63) is 35.1 Å². The number of allylic oxidation sites excluding steroid dienone is 1. The third kappa shape index (κ3) is 2.96. The third-order valence-corrected chi connectivity index (χ3v) is 6.86. The fourth-order valence-electron chi connectivity index (χ4n) is 5.33. The first-order valence-electron chi connectivity index (χ1n) is 10.2. The van der Waals surface area contributed by atoms with Gasteiger partial charge in [0.2, 0.25) is 0 Å². The Morgan fingerprint density at radius 1 is 1.24 bits per heavy atom. The molecule has 1 fully saturated rings. The highest BCUT2D eigenvalue weighted by Crippen LogP contribution is 2.58. The number of methoxy groups -OCH3 is 2. The van der Waals surface area contributed by atoms with E-state index in [0.717, 1.165) is 30.5 Å². The molecule has 156 valence electrons. The summed E-state index contributed by atoms with van der Waals surface area (Å²) >= 11 is 0. The monoisotopic (exact) mass is 399 g/mol. The topological polar surface area (TPSA) is 65.1 Å². The maximum Gasteiger partial charge on any atom is 0.313 e. The van der Waals surface area contributed by atoms with Crippen LogP contribution in [-0.2, 0) is 26.2 Å². The third-order valence-electron chi connectivity index (χ3n) is 6.86. The second-order valence-corrected chi connectivity index (χ2v) is 8.73. The zero-order valence-corrected chi connectivity index (χ0v) is 17.8. The zero-order valence-electron chi connectivity index (χ0n) is 17.8. The van der Waals surface area contributed by atoms with E-state index in [1.54, 1.807) is 14.2 Å². The summed E-state index contributed by atoms with van der Waals surface area (Å²) in [6.45, 7) is 4.52. The molecule has 0 N–H and O–H groups in total. The number of esters is 1. The van der Waals surface area contributed by atoms with E-state index in [9.17, 15) is 9.59 Å². The van der Waals surface area contributed by atoms with Gasteiger partial charge >= 0.3 is 5.97 Å². The molecule has 0 spiro atoms. The van der Waals surface area contributed by atoms with Crippen LogP contribution in [0.3, 0.4) is 0 Å². The zero-order chi connectivity index (χ0) is 20.9. The minimum atomic E-state index is -0.412. The van der Waals surface area contributed by atoms with Crippen LogP contribution < -0.4 is 9.47 Å². The van der Waals surface area contributed by atoms with Gasteiger partial charge in [0.15, 0.2) is 23.0 Å². The van der Waals surface area contributed by atoms with Crippen LogP contribution in [0.4, 0.5) is 0 Å². The van der Waals surface area contributed by atoms with Crippen molar-refractivity contribution in [3.63, 3.8) is 0 Å². The van der Waals surface area contributed by atoms with Crippen LogP contribution in [-0.4, -0.2) is 50.5 Å². The van der Waals surface area contributed by atoms with Crippen LogP contribution in [0.15, 0.2) is 24.0 Å². The fourth-order valence-corrected chi connectivity index (χ4v) is 5.33. The molecule has 1 aliphatic heterocycles. The molecule has 1 aromatic carbocycles. The first-order chi connectivity index (χ1) is 13.8. The number of carbonyl (C=O) groups excluding carboxylic acids is 2. The van der Waals surface area contributed by atoms with Gasteiger partial charge in [-0.15, -0.1) is 0 Å². The summed E-state index contributed by atoms with van der Waals surface area (Å²) in [5.41, 5.74) is 1.69. The van der Waals surface area contributed by atoms with E-state index in [2.05, 4.69) is 18.0 Å². The molecule has 4 rings (SSSR count). The molecule has 3 aliphatic rings. The molecular weight excluding hydrogens is 370 g/mol. The normalized spacial score (nSPS) is 28.3. The van der Waals surface area contributed by atoms with E-state index in [0.29, 0.717) is 23.7 Å². The standard InChI is InChI=1S/C23H29NO5/c1-13(2)22(26)29-21-18(27-4)7-6-14-10-16-15-11-19(28-5)17(25)12-23(15,20(14)21)8-9-24(16)3/h6-7,11,13,15-16H,8-10,12H2,1-5H3/t15-,16+,23-/m1/s1. The Morgan fingerprint density at radius 3 is 2.66 bits per heavy atom. The lowest BCUT2D eigenvalue weighted by Gasteiger charge is -2.56. The van der Waals surface area contributed by atoms with Crippen molar-refractivity contribution in [2.24, 2.45) is 11.8 Å². The van der Waals surface area contributed by atoms with Crippen molar-refractivity contribution >= 4 is 11.8 Å². The number of nitrogens with zero attached hydrogens (tertiary/aromatic N) is 1. The van der Waals surface area contributed by atoms with Crippen LogP contribution in [0.5, 0.6) is 11.5 Å². The minimum Gasteiger partial charge on any atom is -0.493 e. The van der Waals surface area contributed by atoms with E-state index in [1.807, 2.05) is 26.0 Å². The summed E-state index contributed by atoms with van der Waals surface area (Å²) in [6.07, 6.45) is 4.00. The molecule has 0 amide bonds. The Bertz CT molecular complexity index is 889. The molecule has 2 aliphatic carbocycles. The number of Topliss-reactive ketones (excluding diaryl/α,β-unsaturated/α-hetero) is 1. The first kappa shape index (κ1) is 20.0. The van der Waals surface area contributed by atoms with Gasteiger partial charge in [0.1, 0.15) is 0 Å². The number of piperidine rings is 1. The van der Waals surface area contributed by atoms with Gasteiger partial charge in [0.25, 0.3) is 0 Å². The van der Waals surface area contributed by atoms with Crippen molar-refractivity contribution in [3.8, 4) is 11.5 Å². The first-order valence-corrected chi connectivity index (χ1v) is 10.2. The van der Waals surface area contributed by atoms with E-state index < -0.39 is 5.41 Å². The summed E-state index contributed by atoms with van der Waals surface area (Å²) in [7, 11) is 5.27. The quantitative estimate of drug-likeness (QED) is 0.573. The molecule has 29 heavy (non-hydrogen) atoms. The molecule has 1 saturated heterocycles. The highest BCUT2D eigenvalue weighted by molar-refractivity contribution is 5.96. The summed E-state index contributed by atoms with van der Waals surface area (Å²) < 4.78 is 16.9. The van der Waals surface area contributed by atoms with Gasteiger partial charge in [0, 0.05) is 29.4 Å². The van der Waals surface area contributed by atoms with Crippen LogP contribution in [0.2, 0.25) is 0 Å². The van der Waals surface area contributed by atoms with E-state index in [1.165, 1.54) is 0 Å². The largest absolute Gasteiger partial charge is 0.493 e. The molecule has 6 nitrogen and oxygen atoms in total. The van der Waals surface area contributed by atoms with Crippen molar-refractivity contribution < 1.29 is 23.8 Å². The van der Waals surface area contributed by atoms with Gasteiger partial charge in [-0.3, -0.25) is 9.59 Å². The van der Waals surface area contributed by atoms with Crippen LogP contribution in [0, 0.1) is 11.8 Å². The van der Waals surface area contributed by atoms with Crippen molar-refractivity contribution in [2.75, 3.05) is 27.8 Å². The SMILES string of the molecule is COC1=C[C@@H]2[C@@H]3Cc4ccc(OC)c(OC(=O)C(C)C)c4[C@]2(CCN3C)CC1=O. The Labute approximate surface area is 171 Å². The molecule has 0 unspecified atom stereocenters. The Kier molecular flexibility index (Phi) is 4.93. The van der Waals surface area contributed by atoms with Gasteiger partial charge in [-0.1, -0.05) is 19.9 Å². The van der Waals surface area contributed by atoms with Gasteiger partial charge < -0.3 is 19.1 Å². The second-order valence-electron chi connectivity index (χ2n) is 8.73. The minimum absolute atomic E-state index is 0.00357. The van der Waals surface area contributed by atoms with Gasteiger partial charge in [-0.2, -0.15) is 0 Å². The van der Waals surface area contributed by atoms with Crippen molar-refractivity contribution in [1.82, 2.24) is 4.90 Å². The van der Waals surface area contributed by atoms with Gasteiger partial charge in [-0.05, 0) is 44.1 Å². The number of rotatable bonds is 4. The maximum absolute atomic E-state index is 12.9. The summed E-state index contributed by atoms with van der Waals surface area (Å²) in [5.74, 6) is 1.03. The summed E-state index contributed by atoms with van der Waals surface area (Å²) in [5, 5.41) is 0. The van der Waals surface area contributed by atoms with Crippen LogP contribution >= 0.6 is 0 Å². The highest BCUT2D eigenvalue weighted by Gasteiger charge is 2.56. The molecule has 0 saturated carbocycles. The van der Waals surface area contributed by atoms with Crippen LogP contribution in [0.25, 0.3) is 0 Å². The fraction of sp³-hybridized carbons (Fsp3) is 0.565. The van der Waals surface area contributed by atoms with E-state index >= 15 is 0 Å². The lowest BCUT2D eigenvalue weighted by atomic mass is 9.53. The molecule has 0 radical (unpaired) electrons. The second kappa shape index (κ2) is 7.17. The van der Waals surface area contributed by atoms with Crippen molar-refractivity contribution in [2.45, 2.75) is 44.6 Å². The highest BCUT2D eigenvalue weighted by atomic mass is 16.6. The number of likely N-dealkylation sites (tertiary alicyclic amines) is 1. The summed E-state index contributed by atoms with van der Waals surface area (Å²) in [4.78, 5) is 27.8. The average molecular weight is 399 g/mol. The number of carbonyl (C=O) groups is 2. The summed E-state index contributed by atoms with van der Waals surface area (Å²) in [6, 6.07) is 4.21. The molecule has 6 heteroatoms. The Hall–Kier alpha value is -2.34. The number of hydrogen-bond donors (Lipinski definition) is 0.